The van der Waals surface area contributed by atoms with Crippen LogP contribution in [0.2, 0.25) is 0 Å². The molecule has 1 aliphatic rings. The second kappa shape index (κ2) is 10.2. The fraction of sp³-hybridized carbons (Fsp3) is 0.192. The smallest absolute Gasteiger partial charge is 0.411 e. The van der Waals surface area contributed by atoms with Crippen molar-refractivity contribution in [2.24, 2.45) is 0 Å². The van der Waals surface area contributed by atoms with E-state index in [-0.39, 0.29) is 36.9 Å². The Labute approximate surface area is 196 Å². The number of benzene rings is 3. The topological polar surface area (TPSA) is 116 Å². The normalized spacial score (nSPS) is 11.9. The molecule has 8 heteroatoms. The Bertz CT molecular complexity index is 1180. The van der Waals surface area contributed by atoms with Gasteiger partial charge in [-0.2, -0.15) is 0 Å². The molecule has 34 heavy (non-hydrogen) atoms. The van der Waals surface area contributed by atoms with Gasteiger partial charge in [0, 0.05) is 12.5 Å². The van der Waals surface area contributed by atoms with E-state index in [0.717, 1.165) is 27.2 Å². The van der Waals surface area contributed by atoms with Crippen molar-refractivity contribution in [1.82, 2.24) is 4.90 Å². The van der Waals surface area contributed by atoms with E-state index in [0.29, 0.717) is 0 Å². The maximum Gasteiger partial charge on any atom is 0.411 e. The van der Waals surface area contributed by atoms with E-state index in [2.05, 4.69) is 5.32 Å². The van der Waals surface area contributed by atoms with Crippen LogP contribution < -0.4 is 5.32 Å². The predicted octanol–water partition coefficient (Wildman–Crippen LogP) is 3.57. The fourth-order valence-corrected chi connectivity index (χ4v) is 4.23. The van der Waals surface area contributed by atoms with Crippen LogP contribution >= 0.6 is 0 Å². The van der Waals surface area contributed by atoms with Crippen LogP contribution in [-0.4, -0.2) is 59.4 Å². The number of carboxylic acid groups (broad SMARTS) is 1. The Morgan fingerprint density at radius 3 is 2.09 bits per heavy atom. The van der Waals surface area contributed by atoms with Crippen LogP contribution in [0.15, 0.2) is 72.8 Å². The Kier molecular flexibility index (Phi) is 6.89. The average molecular weight is 460 g/mol. The molecule has 0 fully saturated rings. The quantitative estimate of drug-likeness (QED) is 0.473. The highest BCUT2D eigenvalue weighted by atomic mass is 16.5. The first-order valence-electron chi connectivity index (χ1n) is 10.8. The van der Waals surface area contributed by atoms with Gasteiger partial charge in [0.15, 0.2) is 0 Å². The molecule has 2 amide bonds. The van der Waals surface area contributed by atoms with Gasteiger partial charge < -0.3 is 19.8 Å². The number of fused-ring (bicyclic) bond motifs is 3. The Balaban J connectivity index is 1.48. The summed E-state index contributed by atoms with van der Waals surface area (Å²) in [6.07, 6.45) is -0.728. The Morgan fingerprint density at radius 1 is 0.882 bits per heavy atom. The standard InChI is InChI=1S/C26H24N2O6/c29-14-13-28(15-24(30)31)25(32)21-11-5-6-12-23(21)27-26(33)34-16-22-19-9-3-1-7-17(19)18-8-2-4-10-20(18)22/h1-12,22,29H,13-16H2,(H,27,33)(H,30,31). The van der Waals surface area contributed by atoms with Crippen LogP contribution in [0, 0.1) is 0 Å². The van der Waals surface area contributed by atoms with Crippen molar-refractivity contribution in [2.75, 3.05) is 31.6 Å². The van der Waals surface area contributed by atoms with Crippen LogP contribution in [0.3, 0.4) is 0 Å². The number of hydrogen-bond acceptors (Lipinski definition) is 5. The fourth-order valence-electron chi connectivity index (χ4n) is 4.23. The summed E-state index contributed by atoms with van der Waals surface area (Å²) < 4.78 is 5.54. The molecule has 3 N–H and O–H groups in total. The molecule has 0 saturated carbocycles. The molecule has 0 bridgehead atoms. The molecule has 174 valence electrons. The number of rotatable bonds is 8. The molecular formula is C26H24N2O6. The maximum atomic E-state index is 12.9. The number of carboxylic acids is 1. The molecule has 0 saturated heterocycles. The van der Waals surface area contributed by atoms with Crippen molar-refractivity contribution < 1.29 is 29.3 Å². The molecule has 0 unspecified atom stereocenters. The van der Waals surface area contributed by atoms with E-state index in [1.54, 1.807) is 12.1 Å². The van der Waals surface area contributed by atoms with Crippen molar-refractivity contribution in [3.05, 3.63) is 89.5 Å². The van der Waals surface area contributed by atoms with Gasteiger partial charge >= 0.3 is 12.1 Å². The van der Waals surface area contributed by atoms with Crippen LogP contribution in [-0.2, 0) is 9.53 Å². The summed E-state index contributed by atoms with van der Waals surface area (Å²) in [4.78, 5) is 37.6. The van der Waals surface area contributed by atoms with Gasteiger partial charge in [0.2, 0.25) is 0 Å². The number of aliphatic carboxylic acids is 1. The molecule has 0 aliphatic heterocycles. The molecule has 3 aromatic rings. The third-order valence-electron chi connectivity index (χ3n) is 5.72. The SMILES string of the molecule is O=C(O)CN(CCO)C(=O)c1ccccc1NC(=O)OCC1c2ccccc2-c2ccccc21. The van der Waals surface area contributed by atoms with Gasteiger partial charge in [-0.05, 0) is 34.4 Å². The maximum absolute atomic E-state index is 12.9. The molecular weight excluding hydrogens is 436 g/mol. The number of anilines is 1. The van der Waals surface area contributed by atoms with E-state index in [9.17, 15) is 19.5 Å². The number of nitrogens with zero attached hydrogens (tertiary/aromatic N) is 1. The second-order valence-corrected chi connectivity index (χ2v) is 7.84. The van der Waals surface area contributed by atoms with Gasteiger partial charge in [-0.1, -0.05) is 60.7 Å². The first-order chi connectivity index (χ1) is 16.5. The molecule has 0 atom stereocenters. The van der Waals surface area contributed by atoms with Crippen molar-refractivity contribution in [2.45, 2.75) is 5.92 Å². The molecule has 4 rings (SSSR count). The Hall–Kier alpha value is -4.17. The molecule has 0 heterocycles. The largest absolute Gasteiger partial charge is 0.480 e. The number of ether oxygens (including phenoxy) is 1. The first kappa shape index (κ1) is 23.0. The zero-order valence-corrected chi connectivity index (χ0v) is 18.3. The molecule has 8 nitrogen and oxygen atoms in total. The van der Waals surface area contributed by atoms with Gasteiger partial charge in [-0.25, -0.2) is 4.79 Å². The number of carbonyl (C=O) groups excluding carboxylic acids is 2. The molecule has 0 aromatic heterocycles. The number of amides is 2. The lowest BCUT2D eigenvalue weighted by atomic mass is 9.98. The van der Waals surface area contributed by atoms with Crippen molar-refractivity contribution in [1.29, 1.82) is 0 Å². The average Bonchev–Trinajstić information content (AvgIpc) is 3.16. The lowest BCUT2D eigenvalue weighted by Gasteiger charge is -2.21. The summed E-state index contributed by atoms with van der Waals surface area (Å²) in [5.74, 6) is -1.93. The van der Waals surface area contributed by atoms with Gasteiger partial charge in [0.05, 0.1) is 17.9 Å². The zero-order valence-electron chi connectivity index (χ0n) is 18.3. The van der Waals surface area contributed by atoms with Crippen LogP contribution in [0.25, 0.3) is 11.1 Å². The summed E-state index contributed by atoms with van der Waals surface area (Å²) in [7, 11) is 0. The van der Waals surface area contributed by atoms with Gasteiger partial charge in [-0.3, -0.25) is 14.9 Å². The molecule has 3 aromatic carbocycles. The number of hydrogen-bond donors (Lipinski definition) is 3. The van der Waals surface area contributed by atoms with Crippen LogP contribution in [0.4, 0.5) is 10.5 Å². The third kappa shape index (κ3) is 4.77. The highest BCUT2D eigenvalue weighted by Crippen LogP contribution is 2.44. The van der Waals surface area contributed by atoms with Crippen LogP contribution in [0.1, 0.15) is 27.4 Å². The third-order valence-corrected chi connectivity index (χ3v) is 5.72. The monoisotopic (exact) mass is 460 g/mol. The van der Waals surface area contributed by atoms with Crippen LogP contribution in [0.5, 0.6) is 0 Å². The zero-order chi connectivity index (χ0) is 24.1. The number of nitrogens with one attached hydrogen (secondary N) is 1. The highest BCUT2D eigenvalue weighted by Gasteiger charge is 2.29. The minimum atomic E-state index is -1.20. The van der Waals surface area contributed by atoms with Gasteiger partial charge in [0.25, 0.3) is 5.91 Å². The lowest BCUT2D eigenvalue weighted by Crippen LogP contribution is -2.38. The number of carbonyl (C=O) groups is 3. The van der Waals surface area contributed by atoms with E-state index in [1.807, 2.05) is 48.5 Å². The number of para-hydroxylation sites is 1. The summed E-state index contributed by atoms with van der Waals surface area (Å²) in [5.41, 5.74) is 4.69. The van der Waals surface area contributed by atoms with E-state index in [1.165, 1.54) is 12.1 Å². The van der Waals surface area contributed by atoms with Gasteiger partial charge in [-0.15, -0.1) is 0 Å². The van der Waals surface area contributed by atoms with Crippen molar-refractivity contribution in [3.8, 4) is 11.1 Å². The summed E-state index contributed by atoms with van der Waals surface area (Å²) in [6.45, 7) is -0.990. The number of aliphatic hydroxyl groups is 1. The number of aliphatic hydroxyl groups excluding tert-OH is 1. The van der Waals surface area contributed by atoms with E-state index >= 15 is 0 Å². The summed E-state index contributed by atoms with van der Waals surface area (Å²) in [6, 6.07) is 22.3. The van der Waals surface area contributed by atoms with E-state index < -0.39 is 24.5 Å². The first-order valence-corrected chi connectivity index (χ1v) is 10.8. The molecule has 0 spiro atoms. The minimum absolute atomic E-state index is 0.103. The second-order valence-electron chi connectivity index (χ2n) is 7.84. The van der Waals surface area contributed by atoms with Crippen molar-refractivity contribution >= 4 is 23.7 Å². The van der Waals surface area contributed by atoms with Crippen molar-refractivity contribution in [3.63, 3.8) is 0 Å². The molecule has 0 radical (unpaired) electrons. The Morgan fingerprint density at radius 2 is 1.47 bits per heavy atom. The molecule has 1 aliphatic carbocycles. The highest BCUT2D eigenvalue weighted by molar-refractivity contribution is 6.03. The van der Waals surface area contributed by atoms with Gasteiger partial charge in [0.1, 0.15) is 13.2 Å². The van der Waals surface area contributed by atoms with E-state index in [4.69, 9.17) is 9.84 Å². The minimum Gasteiger partial charge on any atom is -0.480 e. The summed E-state index contributed by atoms with van der Waals surface area (Å²) >= 11 is 0. The lowest BCUT2D eigenvalue weighted by molar-refractivity contribution is -0.137. The predicted molar refractivity (Wildman–Crippen MR) is 126 cm³/mol. The summed E-state index contributed by atoms with van der Waals surface area (Å²) in [5, 5.41) is 20.9.